The van der Waals surface area contributed by atoms with Gasteiger partial charge in [-0.05, 0) is 90.4 Å². The third kappa shape index (κ3) is 9.48. The van der Waals surface area contributed by atoms with Crippen molar-refractivity contribution in [2.75, 3.05) is 23.8 Å². The quantitative estimate of drug-likeness (QED) is 0.219. The van der Waals surface area contributed by atoms with Crippen molar-refractivity contribution >= 4 is 44.9 Å². The van der Waals surface area contributed by atoms with Gasteiger partial charge in [-0.2, -0.15) is 0 Å². The van der Waals surface area contributed by atoms with Crippen molar-refractivity contribution in [1.82, 2.24) is 15.0 Å². The largest absolute Gasteiger partial charge is 0.448 e. The minimum Gasteiger partial charge on any atom is -0.448 e. The van der Waals surface area contributed by atoms with Crippen LogP contribution in [0.5, 0.6) is 0 Å². The van der Waals surface area contributed by atoms with E-state index in [9.17, 15) is 18.0 Å². The van der Waals surface area contributed by atoms with E-state index in [2.05, 4.69) is 25.7 Å². The van der Waals surface area contributed by atoms with Gasteiger partial charge < -0.3 is 14.8 Å². The van der Waals surface area contributed by atoms with Gasteiger partial charge >= 0.3 is 12.2 Å². The van der Waals surface area contributed by atoms with E-state index < -0.39 is 27.7 Å². The molecular weight excluding hydrogens is 590 g/mol. The van der Waals surface area contributed by atoms with Crippen LogP contribution in [0, 0.1) is 0 Å². The lowest BCUT2D eigenvalue weighted by Crippen LogP contribution is -2.40. The van der Waals surface area contributed by atoms with Gasteiger partial charge in [0, 0.05) is 40.3 Å². The van der Waals surface area contributed by atoms with E-state index in [0.717, 1.165) is 31.4 Å². The Balaban J connectivity index is 1.56. The molecule has 0 bridgehead atoms. The summed E-state index contributed by atoms with van der Waals surface area (Å²) in [6.07, 6.45) is 3.33. The van der Waals surface area contributed by atoms with Crippen LogP contribution in [-0.2, 0) is 19.5 Å². The summed E-state index contributed by atoms with van der Waals surface area (Å²) in [6, 6.07) is 11.9. The Morgan fingerprint density at radius 3 is 2.40 bits per heavy atom. The SMILES string of the molecule is CC(C)OC(=O)Nc1ccc(-c2ncc(-c3ccc(NC(=O)OC[C@@H]4CCCCN4)cc3S(=O)(=O)NC(C)(C)C)s2)cc1. The van der Waals surface area contributed by atoms with Gasteiger partial charge in [0.15, 0.2) is 0 Å². The maximum absolute atomic E-state index is 13.6. The number of nitrogens with zero attached hydrogens (tertiary/aromatic N) is 1. The number of anilines is 2. The summed E-state index contributed by atoms with van der Waals surface area (Å²) in [5.41, 5.74) is 1.37. The van der Waals surface area contributed by atoms with Crippen molar-refractivity contribution in [3.63, 3.8) is 0 Å². The van der Waals surface area contributed by atoms with E-state index in [1.165, 1.54) is 17.4 Å². The molecule has 1 aromatic heterocycles. The second-order valence-corrected chi connectivity index (χ2v) is 14.3. The molecule has 0 saturated carbocycles. The number of aromatic nitrogens is 1. The first-order valence-electron chi connectivity index (χ1n) is 14.2. The van der Waals surface area contributed by atoms with Gasteiger partial charge in [-0.1, -0.05) is 12.5 Å². The molecule has 0 aliphatic carbocycles. The number of carbonyl (C=O) groups excluding carboxylic acids is 2. The van der Waals surface area contributed by atoms with Crippen LogP contribution < -0.4 is 20.7 Å². The van der Waals surface area contributed by atoms with Gasteiger partial charge in [-0.25, -0.2) is 27.7 Å². The van der Waals surface area contributed by atoms with E-state index in [4.69, 9.17) is 9.47 Å². The molecule has 11 nitrogen and oxygen atoms in total. The van der Waals surface area contributed by atoms with E-state index in [0.29, 0.717) is 26.8 Å². The molecular formula is C30H39N5O6S2. The van der Waals surface area contributed by atoms with E-state index in [1.807, 2.05) is 12.1 Å². The summed E-state index contributed by atoms with van der Waals surface area (Å²) in [4.78, 5) is 29.6. The number of hydrogen-bond acceptors (Lipinski definition) is 9. The van der Waals surface area contributed by atoms with Crippen molar-refractivity contribution in [3.05, 3.63) is 48.7 Å². The Morgan fingerprint density at radius 2 is 1.74 bits per heavy atom. The third-order valence-corrected chi connectivity index (χ3v) is 9.16. The maximum Gasteiger partial charge on any atom is 0.411 e. The number of rotatable bonds is 9. The number of benzene rings is 2. The van der Waals surface area contributed by atoms with Crippen LogP contribution in [0.15, 0.2) is 53.6 Å². The third-order valence-electron chi connectivity index (χ3n) is 6.28. The molecule has 232 valence electrons. The van der Waals surface area contributed by atoms with Crippen molar-refractivity contribution < 1.29 is 27.5 Å². The molecule has 4 N–H and O–H groups in total. The maximum atomic E-state index is 13.6. The summed E-state index contributed by atoms with van der Waals surface area (Å²) in [5.74, 6) is 0. The molecule has 4 rings (SSSR count). The van der Waals surface area contributed by atoms with Crippen LogP contribution in [0.4, 0.5) is 21.0 Å². The number of carbonyl (C=O) groups is 2. The lowest BCUT2D eigenvalue weighted by Gasteiger charge is -2.23. The van der Waals surface area contributed by atoms with Crippen LogP contribution in [0.2, 0.25) is 0 Å². The number of sulfonamides is 1. The topological polar surface area (TPSA) is 148 Å². The molecule has 2 heterocycles. The number of piperidine rings is 1. The zero-order valence-electron chi connectivity index (χ0n) is 25.0. The van der Waals surface area contributed by atoms with Gasteiger partial charge in [-0.3, -0.25) is 10.6 Å². The first kappa shape index (κ1) is 32.4. The average molecular weight is 630 g/mol. The Morgan fingerprint density at radius 1 is 1.05 bits per heavy atom. The molecule has 2 amide bonds. The summed E-state index contributed by atoms with van der Waals surface area (Å²) >= 11 is 1.32. The van der Waals surface area contributed by atoms with Crippen molar-refractivity contribution in [2.24, 2.45) is 0 Å². The first-order valence-corrected chi connectivity index (χ1v) is 16.5. The first-order chi connectivity index (χ1) is 20.3. The van der Waals surface area contributed by atoms with Crippen LogP contribution in [0.25, 0.3) is 21.0 Å². The highest BCUT2D eigenvalue weighted by Gasteiger charge is 2.27. The molecule has 1 aliphatic heterocycles. The second kappa shape index (κ2) is 13.8. The van der Waals surface area contributed by atoms with Crippen molar-refractivity contribution in [3.8, 4) is 21.0 Å². The molecule has 1 fully saturated rings. The molecule has 1 atom stereocenters. The van der Waals surface area contributed by atoms with Crippen LogP contribution in [0.3, 0.4) is 0 Å². The Kier molecular flexibility index (Phi) is 10.4. The van der Waals surface area contributed by atoms with E-state index in [1.54, 1.807) is 65.1 Å². The summed E-state index contributed by atoms with van der Waals surface area (Å²) < 4.78 is 40.3. The van der Waals surface area contributed by atoms with Gasteiger partial charge in [0.2, 0.25) is 10.0 Å². The lowest BCUT2D eigenvalue weighted by molar-refractivity contribution is 0.130. The molecule has 1 aliphatic rings. The fourth-order valence-corrected chi connectivity index (χ4v) is 7.16. The fourth-order valence-electron chi connectivity index (χ4n) is 4.47. The Labute approximate surface area is 256 Å². The number of thiazole rings is 1. The highest BCUT2D eigenvalue weighted by atomic mass is 32.2. The number of nitrogens with one attached hydrogen (secondary N) is 4. The Hall–Kier alpha value is -3.52. The van der Waals surface area contributed by atoms with Gasteiger partial charge in [0.25, 0.3) is 0 Å². The van der Waals surface area contributed by atoms with Gasteiger partial charge in [0.05, 0.1) is 15.9 Å². The van der Waals surface area contributed by atoms with Gasteiger partial charge in [-0.15, -0.1) is 11.3 Å². The summed E-state index contributed by atoms with van der Waals surface area (Å²) in [5, 5.41) is 9.33. The van der Waals surface area contributed by atoms with E-state index in [-0.39, 0.29) is 23.6 Å². The van der Waals surface area contributed by atoms with Crippen molar-refractivity contribution in [2.45, 2.75) is 76.5 Å². The van der Waals surface area contributed by atoms with Crippen LogP contribution >= 0.6 is 11.3 Å². The molecule has 13 heteroatoms. The molecule has 0 spiro atoms. The number of amides is 2. The molecule has 43 heavy (non-hydrogen) atoms. The highest BCUT2D eigenvalue weighted by molar-refractivity contribution is 7.89. The minimum atomic E-state index is -3.99. The second-order valence-electron chi connectivity index (χ2n) is 11.6. The monoisotopic (exact) mass is 629 g/mol. The standard InChI is InChI=1S/C30H39N5O6S2/c1-19(2)41-29(37)33-21-11-9-20(10-12-21)27-32-17-25(42-27)24-14-13-22(16-26(24)43(38,39)35-30(3,4)5)34-28(36)40-18-23-8-6-7-15-31-23/h9-14,16-17,19,23,31,35H,6-8,15,18H2,1-5H3,(H,33,37)(H,34,36)/t23-/m0/s1. The highest BCUT2D eigenvalue weighted by Crippen LogP contribution is 2.37. The fraction of sp³-hybridized carbons (Fsp3) is 0.433. The van der Waals surface area contributed by atoms with Crippen LogP contribution in [0.1, 0.15) is 53.9 Å². The smallest absolute Gasteiger partial charge is 0.411 e. The molecule has 0 unspecified atom stereocenters. The molecule has 3 aromatic rings. The normalized spacial score (nSPS) is 15.6. The zero-order chi connectivity index (χ0) is 31.2. The van der Waals surface area contributed by atoms with Crippen molar-refractivity contribution in [1.29, 1.82) is 0 Å². The summed E-state index contributed by atoms with van der Waals surface area (Å²) in [6.45, 7) is 9.96. The van der Waals surface area contributed by atoms with E-state index >= 15 is 0 Å². The molecule has 2 aromatic carbocycles. The Bertz CT molecular complexity index is 1530. The molecule has 0 radical (unpaired) electrons. The average Bonchev–Trinajstić information content (AvgIpc) is 3.41. The number of hydrogen-bond donors (Lipinski definition) is 4. The summed E-state index contributed by atoms with van der Waals surface area (Å²) in [7, 11) is -3.99. The lowest BCUT2D eigenvalue weighted by atomic mass is 10.1. The predicted molar refractivity (Wildman–Crippen MR) is 169 cm³/mol. The zero-order valence-corrected chi connectivity index (χ0v) is 26.7. The number of ether oxygens (including phenoxy) is 2. The van der Waals surface area contributed by atoms with Gasteiger partial charge in [0.1, 0.15) is 11.6 Å². The molecule has 1 saturated heterocycles. The predicted octanol–water partition coefficient (Wildman–Crippen LogP) is 6.20. The minimum absolute atomic E-state index is 0.00702. The van der Waals surface area contributed by atoms with Crippen LogP contribution in [-0.4, -0.2) is 56.4 Å².